The molecule has 0 amide bonds. The van der Waals surface area contributed by atoms with Crippen LogP contribution in [0, 0.1) is 19.8 Å². The van der Waals surface area contributed by atoms with Crippen molar-refractivity contribution in [1.82, 2.24) is 0 Å². The van der Waals surface area contributed by atoms with Gasteiger partial charge in [-0.1, -0.05) is 80.4 Å². The van der Waals surface area contributed by atoms with Crippen molar-refractivity contribution >= 4 is 25.5 Å². The van der Waals surface area contributed by atoms with E-state index in [1.165, 1.54) is 24.3 Å². The van der Waals surface area contributed by atoms with Gasteiger partial charge in [0.15, 0.2) is 25.5 Å². The molecule has 0 atom stereocenters. The molecule has 3 aromatic carbocycles. The average Bonchev–Trinajstić information content (AvgIpc) is 2.78. The van der Waals surface area contributed by atoms with Crippen molar-refractivity contribution in [2.24, 2.45) is 5.92 Å². The zero-order chi connectivity index (χ0) is 26.0. The molecule has 0 saturated carbocycles. The van der Waals surface area contributed by atoms with Crippen LogP contribution < -0.4 is 0 Å². The lowest BCUT2D eigenvalue weighted by atomic mass is 9.86. The molecule has 7 heteroatoms. The number of sulfone groups is 2. The van der Waals surface area contributed by atoms with Gasteiger partial charge in [-0.05, 0) is 49.1 Å². The molecular formula is C28H32O5S2. The minimum Gasteiger partial charge on any atom is -0.294 e. The molecule has 0 aliphatic carbocycles. The first-order chi connectivity index (χ1) is 16.2. The van der Waals surface area contributed by atoms with Gasteiger partial charge < -0.3 is 0 Å². The highest BCUT2D eigenvalue weighted by atomic mass is 32.2. The molecule has 5 nitrogen and oxygen atoms in total. The van der Waals surface area contributed by atoms with Crippen molar-refractivity contribution in [1.29, 1.82) is 0 Å². The second-order valence-corrected chi connectivity index (χ2v) is 14.1. The molecular weight excluding hydrogens is 480 g/mol. The van der Waals surface area contributed by atoms with Gasteiger partial charge in [-0.3, -0.25) is 4.79 Å². The maximum atomic E-state index is 13.5. The number of carbonyl (C=O) groups is 1. The lowest BCUT2D eigenvalue weighted by molar-refractivity contribution is 0.0942. The Morgan fingerprint density at radius 3 is 1.37 bits per heavy atom. The monoisotopic (exact) mass is 512 g/mol. The molecule has 0 fully saturated rings. The number of aryl methyl sites for hydroxylation is 2. The molecule has 0 aliphatic rings. The summed E-state index contributed by atoms with van der Waals surface area (Å²) >= 11 is 0. The van der Waals surface area contributed by atoms with E-state index in [1.807, 2.05) is 26.0 Å². The van der Waals surface area contributed by atoms with Crippen LogP contribution in [0.1, 0.15) is 47.8 Å². The topological polar surface area (TPSA) is 85.3 Å². The Bertz CT molecular complexity index is 1320. The minimum absolute atomic E-state index is 0.0664. The minimum atomic E-state index is -3.91. The van der Waals surface area contributed by atoms with E-state index < -0.39 is 42.9 Å². The number of carbonyl (C=O) groups excluding carboxylic acids is 1. The highest BCUT2D eigenvalue weighted by molar-refractivity contribution is 7.92. The van der Waals surface area contributed by atoms with E-state index in [0.717, 1.165) is 16.7 Å². The fourth-order valence-corrected chi connectivity index (χ4v) is 7.02. The Kier molecular flexibility index (Phi) is 7.72. The van der Waals surface area contributed by atoms with Crippen molar-refractivity contribution in [3.63, 3.8) is 0 Å². The van der Waals surface area contributed by atoms with Crippen molar-refractivity contribution in [3.8, 4) is 0 Å². The van der Waals surface area contributed by atoms with E-state index >= 15 is 0 Å². The summed E-state index contributed by atoms with van der Waals surface area (Å²) in [6.45, 7) is 9.84. The first kappa shape index (κ1) is 26.8. The summed E-state index contributed by atoms with van der Waals surface area (Å²) in [6.07, 6.45) is 0. The Labute approximate surface area is 209 Å². The molecule has 35 heavy (non-hydrogen) atoms. The van der Waals surface area contributed by atoms with Crippen LogP contribution in [0.25, 0.3) is 0 Å². The van der Waals surface area contributed by atoms with Crippen molar-refractivity contribution in [2.75, 3.05) is 11.5 Å². The number of benzene rings is 3. The average molecular weight is 513 g/mol. The van der Waals surface area contributed by atoms with Crippen LogP contribution in [0.5, 0.6) is 0 Å². The predicted molar refractivity (Wildman–Crippen MR) is 139 cm³/mol. The van der Waals surface area contributed by atoms with E-state index in [2.05, 4.69) is 20.8 Å². The number of hydrogen-bond acceptors (Lipinski definition) is 5. The number of Topliss-reactive ketones (excluding diaryl/α,β-unsaturated/α-hetero) is 1. The third kappa shape index (κ3) is 6.67. The number of hydrogen-bond donors (Lipinski definition) is 0. The van der Waals surface area contributed by atoms with Crippen LogP contribution in [-0.2, 0) is 25.1 Å². The van der Waals surface area contributed by atoms with Gasteiger partial charge in [0.2, 0.25) is 0 Å². The molecule has 0 unspecified atom stereocenters. The number of rotatable bonds is 8. The smallest absolute Gasteiger partial charge is 0.179 e. The highest BCUT2D eigenvalue weighted by Crippen LogP contribution is 2.26. The summed E-state index contributed by atoms with van der Waals surface area (Å²) in [6, 6.07) is 19.6. The molecule has 0 saturated heterocycles. The van der Waals surface area contributed by atoms with Gasteiger partial charge in [-0.25, -0.2) is 16.8 Å². The van der Waals surface area contributed by atoms with Gasteiger partial charge in [0, 0.05) is 5.56 Å². The van der Waals surface area contributed by atoms with Gasteiger partial charge >= 0.3 is 0 Å². The van der Waals surface area contributed by atoms with Crippen LogP contribution in [0.4, 0.5) is 0 Å². The quantitative estimate of drug-likeness (QED) is 0.380. The molecule has 186 valence electrons. The van der Waals surface area contributed by atoms with Gasteiger partial charge in [-0.2, -0.15) is 0 Å². The summed E-state index contributed by atoms with van der Waals surface area (Å²) in [5.74, 6) is -2.95. The van der Waals surface area contributed by atoms with Crippen molar-refractivity contribution < 1.29 is 21.6 Å². The molecule has 0 bridgehead atoms. The second-order valence-electron chi connectivity index (χ2n) is 10.1. The second kappa shape index (κ2) is 10.1. The van der Waals surface area contributed by atoms with Crippen LogP contribution in [0.2, 0.25) is 0 Å². The summed E-state index contributed by atoms with van der Waals surface area (Å²) < 4.78 is 52.8. The maximum absolute atomic E-state index is 13.5. The summed E-state index contributed by atoms with van der Waals surface area (Å²) in [4.78, 5) is 13.6. The van der Waals surface area contributed by atoms with E-state index in [-0.39, 0.29) is 15.2 Å². The first-order valence-electron chi connectivity index (χ1n) is 11.4. The molecule has 0 radical (unpaired) electrons. The number of ketones is 1. The fraction of sp³-hybridized carbons (Fsp3) is 0.321. The lowest BCUT2D eigenvalue weighted by Gasteiger charge is -2.20. The highest BCUT2D eigenvalue weighted by Gasteiger charge is 2.33. The molecule has 0 aromatic heterocycles. The fourth-order valence-electron chi connectivity index (χ4n) is 3.78. The molecule has 3 aromatic rings. The lowest BCUT2D eigenvalue weighted by Crippen LogP contribution is -2.31. The van der Waals surface area contributed by atoms with E-state index in [9.17, 15) is 21.6 Å². The predicted octanol–water partition coefficient (Wildman–Crippen LogP) is 5.35. The largest absolute Gasteiger partial charge is 0.294 e. The van der Waals surface area contributed by atoms with Crippen LogP contribution in [-0.4, -0.2) is 34.1 Å². The summed E-state index contributed by atoms with van der Waals surface area (Å²) in [5, 5.41) is 0. The van der Waals surface area contributed by atoms with E-state index in [4.69, 9.17) is 0 Å². The van der Waals surface area contributed by atoms with E-state index in [0.29, 0.717) is 5.56 Å². The third-order valence-electron chi connectivity index (χ3n) is 6.01. The maximum Gasteiger partial charge on any atom is 0.179 e. The Morgan fingerprint density at radius 1 is 0.657 bits per heavy atom. The van der Waals surface area contributed by atoms with Crippen molar-refractivity contribution in [3.05, 3.63) is 95.1 Å². The summed E-state index contributed by atoms with van der Waals surface area (Å²) in [5.41, 5.74) is 2.99. The molecule has 3 rings (SSSR count). The molecule has 0 spiro atoms. The zero-order valence-electron chi connectivity index (χ0n) is 20.8. The SMILES string of the molecule is Cc1ccc(S(=O)(=O)CC(CS(=O)(=O)c2ccc(C)cc2)C(=O)c2ccc(C(C)(C)C)cc2)cc1. The van der Waals surface area contributed by atoms with Gasteiger partial charge in [-0.15, -0.1) is 0 Å². The zero-order valence-corrected chi connectivity index (χ0v) is 22.4. The van der Waals surface area contributed by atoms with E-state index in [1.54, 1.807) is 36.4 Å². The van der Waals surface area contributed by atoms with Crippen molar-refractivity contribution in [2.45, 2.75) is 49.8 Å². The Morgan fingerprint density at radius 2 is 1.03 bits per heavy atom. The molecule has 0 N–H and O–H groups in total. The van der Waals surface area contributed by atoms with Gasteiger partial charge in [0.25, 0.3) is 0 Å². The standard InChI is InChI=1S/C28H32O5S2/c1-20-6-14-25(15-7-20)34(30,31)18-23(19-35(32,33)26-16-8-21(2)9-17-26)27(29)22-10-12-24(13-11-22)28(3,4)5/h6-17,23H,18-19H2,1-5H3. The normalized spacial score (nSPS) is 12.6. The third-order valence-corrected chi connectivity index (χ3v) is 9.67. The van der Waals surface area contributed by atoms with Crippen LogP contribution in [0.3, 0.4) is 0 Å². The molecule has 0 heterocycles. The molecule has 0 aliphatic heterocycles. The van der Waals surface area contributed by atoms with Gasteiger partial charge in [0.05, 0.1) is 27.2 Å². The first-order valence-corrected chi connectivity index (χ1v) is 14.7. The van der Waals surface area contributed by atoms with Crippen LogP contribution in [0.15, 0.2) is 82.6 Å². The summed E-state index contributed by atoms with van der Waals surface area (Å²) in [7, 11) is -7.81. The Hall–Kier alpha value is -2.77. The Balaban J connectivity index is 1.99. The van der Waals surface area contributed by atoms with Crippen LogP contribution >= 0.6 is 0 Å². The van der Waals surface area contributed by atoms with Gasteiger partial charge in [0.1, 0.15) is 0 Å².